The molecule has 0 unspecified atom stereocenters. The zero-order valence-electron chi connectivity index (χ0n) is 13.7. The zero-order chi connectivity index (χ0) is 17.4. The van der Waals surface area contributed by atoms with Gasteiger partial charge in [0.2, 0.25) is 5.91 Å². The van der Waals surface area contributed by atoms with Gasteiger partial charge in [-0.2, -0.15) is 0 Å². The molecule has 0 spiro atoms. The summed E-state index contributed by atoms with van der Waals surface area (Å²) in [6.07, 6.45) is 0.463. The SMILES string of the molecule is NC(=O)[C@H]1Cc2ccccc2CN1C(=O)c1ccc2ccccc2c1. The van der Waals surface area contributed by atoms with E-state index in [-0.39, 0.29) is 5.91 Å². The van der Waals surface area contributed by atoms with Crippen molar-refractivity contribution in [3.8, 4) is 0 Å². The highest BCUT2D eigenvalue weighted by Crippen LogP contribution is 2.26. The van der Waals surface area contributed by atoms with Crippen LogP contribution in [0.1, 0.15) is 21.5 Å². The highest BCUT2D eigenvalue weighted by Gasteiger charge is 2.33. The van der Waals surface area contributed by atoms with Gasteiger partial charge in [-0.3, -0.25) is 9.59 Å². The molecule has 1 heterocycles. The molecular formula is C21H18N2O2. The summed E-state index contributed by atoms with van der Waals surface area (Å²) in [5, 5.41) is 2.08. The molecule has 25 heavy (non-hydrogen) atoms. The molecule has 124 valence electrons. The van der Waals surface area contributed by atoms with Crippen LogP contribution in [0, 0.1) is 0 Å². The molecule has 3 aromatic rings. The van der Waals surface area contributed by atoms with E-state index >= 15 is 0 Å². The van der Waals surface area contributed by atoms with Crippen molar-refractivity contribution < 1.29 is 9.59 Å². The predicted molar refractivity (Wildman–Crippen MR) is 96.9 cm³/mol. The van der Waals surface area contributed by atoms with Gasteiger partial charge in [-0.25, -0.2) is 0 Å². The molecule has 4 heteroatoms. The molecule has 0 saturated heterocycles. The van der Waals surface area contributed by atoms with E-state index in [4.69, 9.17) is 5.73 Å². The van der Waals surface area contributed by atoms with Crippen LogP contribution in [-0.4, -0.2) is 22.8 Å². The first-order valence-electron chi connectivity index (χ1n) is 8.29. The first-order valence-corrected chi connectivity index (χ1v) is 8.29. The van der Waals surface area contributed by atoms with Gasteiger partial charge in [-0.15, -0.1) is 0 Å². The lowest BCUT2D eigenvalue weighted by atomic mass is 9.92. The largest absolute Gasteiger partial charge is 0.368 e. The van der Waals surface area contributed by atoms with Crippen molar-refractivity contribution in [2.75, 3.05) is 0 Å². The van der Waals surface area contributed by atoms with Gasteiger partial charge in [-0.1, -0.05) is 54.6 Å². The maximum atomic E-state index is 13.1. The van der Waals surface area contributed by atoms with Crippen LogP contribution in [0.3, 0.4) is 0 Å². The Morgan fingerprint density at radius 3 is 2.32 bits per heavy atom. The van der Waals surface area contributed by atoms with Gasteiger partial charge in [0.15, 0.2) is 0 Å². The fourth-order valence-corrected chi connectivity index (χ4v) is 3.48. The fraction of sp³-hybridized carbons (Fsp3) is 0.143. The van der Waals surface area contributed by atoms with Gasteiger partial charge in [0.1, 0.15) is 6.04 Å². The van der Waals surface area contributed by atoms with Crippen molar-refractivity contribution in [1.29, 1.82) is 0 Å². The van der Waals surface area contributed by atoms with Gasteiger partial charge >= 0.3 is 0 Å². The summed E-state index contributed by atoms with van der Waals surface area (Å²) in [6.45, 7) is 0.398. The number of fused-ring (bicyclic) bond motifs is 2. The Morgan fingerprint density at radius 1 is 0.880 bits per heavy atom. The third-order valence-corrected chi connectivity index (χ3v) is 4.83. The Balaban J connectivity index is 1.72. The molecule has 0 radical (unpaired) electrons. The second-order valence-corrected chi connectivity index (χ2v) is 6.39. The minimum absolute atomic E-state index is 0.163. The fourth-order valence-electron chi connectivity index (χ4n) is 3.48. The molecule has 0 aliphatic carbocycles. The number of amides is 2. The number of nitrogens with two attached hydrogens (primary N) is 1. The van der Waals surface area contributed by atoms with Crippen LogP contribution in [0.2, 0.25) is 0 Å². The van der Waals surface area contributed by atoms with E-state index in [1.54, 1.807) is 4.90 Å². The Bertz CT molecular complexity index is 980. The molecule has 2 amide bonds. The molecule has 0 fully saturated rings. The lowest BCUT2D eigenvalue weighted by molar-refractivity contribution is -0.122. The van der Waals surface area contributed by atoms with Crippen LogP contribution in [-0.2, 0) is 17.8 Å². The van der Waals surface area contributed by atoms with Crippen molar-refractivity contribution in [3.05, 3.63) is 83.4 Å². The summed E-state index contributed by atoms with van der Waals surface area (Å²) in [5.41, 5.74) is 8.30. The molecule has 4 rings (SSSR count). The molecule has 0 saturated carbocycles. The maximum absolute atomic E-state index is 13.1. The van der Waals surface area contributed by atoms with Crippen LogP contribution in [0.4, 0.5) is 0 Å². The van der Waals surface area contributed by atoms with E-state index in [1.807, 2.05) is 66.7 Å². The first-order chi connectivity index (χ1) is 12.1. The van der Waals surface area contributed by atoms with Crippen LogP contribution in [0.15, 0.2) is 66.7 Å². The second kappa shape index (κ2) is 6.06. The van der Waals surface area contributed by atoms with E-state index in [0.717, 1.165) is 21.9 Å². The minimum atomic E-state index is -0.617. The van der Waals surface area contributed by atoms with E-state index in [1.165, 1.54) is 0 Å². The average molecular weight is 330 g/mol. The maximum Gasteiger partial charge on any atom is 0.254 e. The molecule has 1 aliphatic heterocycles. The normalized spacial score (nSPS) is 16.5. The number of benzene rings is 3. The van der Waals surface area contributed by atoms with E-state index in [9.17, 15) is 9.59 Å². The molecule has 1 aliphatic rings. The second-order valence-electron chi connectivity index (χ2n) is 6.39. The van der Waals surface area contributed by atoms with Crippen molar-refractivity contribution in [2.45, 2.75) is 19.0 Å². The third-order valence-electron chi connectivity index (χ3n) is 4.83. The average Bonchev–Trinajstić information content (AvgIpc) is 2.66. The number of nitrogens with zero attached hydrogens (tertiary/aromatic N) is 1. The van der Waals surface area contributed by atoms with Crippen LogP contribution >= 0.6 is 0 Å². The number of hydrogen-bond acceptors (Lipinski definition) is 2. The molecule has 2 N–H and O–H groups in total. The van der Waals surface area contributed by atoms with Gasteiger partial charge in [0.05, 0.1) is 0 Å². The van der Waals surface area contributed by atoms with Crippen molar-refractivity contribution in [2.24, 2.45) is 5.73 Å². The monoisotopic (exact) mass is 330 g/mol. The first kappa shape index (κ1) is 15.4. The quantitative estimate of drug-likeness (QED) is 0.785. The Labute approximate surface area is 145 Å². The number of carbonyl (C=O) groups excluding carboxylic acids is 2. The van der Waals surface area contributed by atoms with Crippen molar-refractivity contribution in [1.82, 2.24) is 4.90 Å². The Kier molecular flexibility index (Phi) is 3.73. The van der Waals surface area contributed by atoms with Gasteiger partial charge in [-0.05, 0) is 34.0 Å². The Morgan fingerprint density at radius 2 is 1.56 bits per heavy atom. The molecule has 4 nitrogen and oxygen atoms in total. The topological polar surface area (TPSA) is 63.4 Å². The van der Waals surface area contributed by atoms with Crippen molar-refractivity contribution >= 4 is 22.6 Å². The van der Waals surface area contributed by atoms with Crippen molar-refractivity contribution in [3.63, 3.8) is 0 Å². The van der Waals surface area contributed by atoms with Gasteiger partial charge in [0.25, 0.3) is 5.91 Å². The lowest BCUT2D eigenvalue weighted by Gasteiger charge is -2.35. The third kappa shape index (κ3) is 2.76. The van der Waals surface area contributed by atoms with Gasteiger partial charge in [0, 0.05) is 18.5 Å². The summed E-state index contributed by atoms with van der Waals surface area (Å²) in [7, 11) is 0. The van der Waals surface area contributed by atoms with E-state index in [0.29, 0.717) is 18.5 Å². The number of carbonyl (C=O) groups is 2. The zero-order valence-corrected chi connectivity index (χ0v) is 13.7. The van der Waals surface area contributed by atoms with Crippen LogP contribution < -0.4 is 5.73 Å². The van der Waals surface area contributed by atoms with E-state index in [2.05, 4.69) is 0 Å². The number of rotatable bonds is 2. The molecule has 3 aromatic carbocycles. The molecule has 1 atom stereocenters. The standard InChI is InChI=1S/C21H18N2O2/c22-20(24)19-12-16-7-3-4-8-18(16)13-23(19)21(25)17-10-9-14-5-1-2-6-15(14)11-17/h1-11,19H,12-13H2,(H2,22,24)/t19-/m1/s1. The van der Waals surface area contributed by atoms with E-state index < -0.39 is 11.9 Å². The summed E-state index contributed by atoms with van der Waals surface area (Å²) in [5.74, 6) is -0.632. The number of hydrogen-bond donors (Lipinski definition) is 1. The highest BCUT2D eigenvalue weighted by atomic mass is 16.2. The van der Waals surface area contributed by atoms with Gasteiger partial charge < -0.3 is 10.6 Å². The minimum Gasteiger partial charge on any atom is -0.368 e. The summed E-state index contributed by atoms with van der Waals surface area (Å²) < 4.78 is 0. The number of primary amides is 1. The highest BCUT2D eigenvalue weighted by molar-refractivity contribution is 6.00. The molecule has 0 bridgehead atoms. The Hall–Kier alpha value is -3.14. The predicted octanol–water partition coefficient (Wildman–Crippen LogP) is 2.89. The smallest absolute Gasteiger partial charge is 0.254 e. The summed E-state index contributed by atoms with van der Waals surface area (Å²) in [6, 6.07) is 20.8. The lowest BCUT2D eigenvalue weighted by Crippen LogP contribution is -2.51. The summed E-state index contributed by atoms with van der Waals surface area (Å²) in [4.78, 5) is 26.6. The molecule has 0 aromatic heterocycles. The van der Waals surface area contributed by atoms with Crippen LogP contribution in [0.5, 0.6) is 0 Å². The molecular weight excluding hydrogens is 312 g/mol. The summed E-state index contributed by atoms with van der Waals surface area (Å²) >= 11 is 0. The van der Waals surface area contributed by atoms with Crippen LogP contribution in [0.25, 0.3) is 10.8 Å².